The Bertz CT molecular complexity index is 444. The highest BCUT2D eigenvalue weighted by molar-refractivity contribution is 4.73. The zero-order valence-electron chi connectivity index (χ0n) is 32.6. The van der Waals surface area contributed by atoms with Gasteiger partial charge in [-0.1, -0.05) is 236 Å². The monoisotopic (exact) mass is 607 g/mol. The second kappa shape index (κ2) is 34.9. The van der Waals surface area contributed by atoms with Crippen LogP contribution in [0.5, 0.6) is 0 Å². The van der Waals surface area contributed by atoms with Crippen LogP contribution in [0.25, 0.3) is 0 Å². The maximum Gasteiger partial charge on any atom is -0.0389 e. The first kappa shape index (κ1) is 45.1. The van der Waals surface area contributed by atoms with Crippen molar-refractivity contribution in [1.82, 2.24) is 0 Å². The normalized spacial score (nSPS) is 26.7. The van der Waals surface area contributed by atoms with E-state index < -0.39 is 0 Å². The number of rotatable bonds is 13. The molecule has 0 aromatic rings. The lowest BCUT2D eigenvalue weighted by molar-refractivity contribution is 0.224. The Morgan fingerprint density at radius 3 is 0.907 bits per heavy atom. The molecule has 0 bridgehead atoms. The van der Waals surface area contributed by atoms with Crippen LogP contribution in [0.3, 0.4) is 0 Å². The molecule has 4 atom stereocenters. The zero-order chi connectivity index (χ0) is 32.6. The summed E-state index contributed by atoms with van der Waals surface area (Å²) in [5.41, 5.74) is 0. The molecule has 3 aliphatic carbocycles. The van der Waals surface area contributed by atoms with Crippen molar-refractivity contribution in [3.8, 4) is 0 Å². The lowest BCUT2D eigenvalue weighted by atomic mass is 9.77. The van der Waals surface area contributed by atoms with Gasteiger partial charge in [0.1, 0.15) is 0 Å². The van der Waals surface area contributed by atoms with Crippen molar-refractivity contribution < 1.29 is 0 Å². The molecule has 0 aromatic heterocycles. The third kappa shape index (κ3) is 26.9. The molecule has 0 nitrogen and oxygen atoms in total. The van der Waals surface area contributed by atoms with E-state index in [9.17, 15) is 0 Å². The summed E-state index contributed by atoms with van der Waals surface area (Å²) >= 11 is 0. The van der Waals surface area contributed by atoms with Gasteiger partial charge in [0.2, 0.25) is 0 Å². The van der Waals surface area contributed by atoms with Gasteiger partial charge in [0, 0.05) is 0 Å². The summed E-state index contributed by atoms with van der Waals surface area (Å²) in [5.74, 6) is 6.42. The van der Waals surface area contributed by atoms with E-state index in [-0.39, 0.29) is 0 Å². The first-order valence-electron chi connectivity index (χ1n) is 20.9. The number of hydrogen-bond acceptors (Lipinski definition) is 0. The molecule has 0 heterocycles. The third-order valence-electron chi connectivity index (χ3n) is 11.4. The SMILES string of the molecule is CCC1CCC(CC)CC1.CCC1CCCC(CC)C1.CCC1CCCCC1CC.CCCCCC.CCCCCCC. The molecule has 0 aromatic carbocycles. The molecular weight excluding hydrogens is 516 g/mol. The Hall–Kier alpha value is 0. The summed E-state index contributed by atoms with van der Waals surface area (Å²) in [6.07, 6.45) is 39.1. The smallest absolute Gasteiger partial charge is 0.0389 e. The van der Waals surface area contributed by atoms with Gasteiger partial charge in [-0.05, 0) is 41.9 Å². The van der Waals surface area contributed by atoms with Crippen molar-refractivity contribution >= 4 is 0 Å². The molecule has 4 unspecified atom stereocenters. The van der Waals surface area contributed by atoms with Crippen molar-refractivity contribution in [3.63, 3.8) is 0 Å². The molecule has 0 N–H and O–H groups in total. The van der Waals surface area contributed by atoms with E-state index >= 15 is 0 Å². The molecule has 0 saturated heterocycles. The fraction of sp³-hybridized carbons (Fsp3) is 1.00. The van der Waals surface area contributed by atoms with Gasteiger partial charge in [0.15, 0.2) is 0 Å². The lowest BCUT2D eigenvalue weighted by Crippen LogP contribution is -2.17. The van der Waals surface area contributed by atoms with Crippen molar-refractivity contribution in [2.45, 2.75) is 243 Å². The fourth-order valence-corrected chi connectivity index (χ4v) is 7.73. The molecule has 0 radical (unpaired) electrons. The van der Waals surface area contributed by atoms with Crippen LogP contribution in [0.1, 0.15) is 243 Å². The second-order valence-corrected chi connectivity index (χ2v) is 14.8. The second-order valence-electron chi connectivity index (χ2n) is 14.8. The summed E-state index contributed by atoms with van der Waals surface area (Å²) in [7, 11) is 0. The van der Waals surface area contributed by atoms with Gasteiger partial charge in [-0.25, -0.2) is 0 Å². The zero-order valence-corrected chi connectivity index (χ0v) is 32.6. The molecule has 3 rings (SSSR count). The Balaban J connectivity index is 0. The maximum atomic E-state index is 2.35. The van der Waals surface area contributed by atoms with Crippen molar-refractivity contribution in [1.29, 1.82) is 0 Å². The highest BCUT2D eigenvalue weighted by Gasteiger charge is 2.21. The first-order valence-corrected chi connectivity index (χ1v) is 20.9. The van der Waals surface area contributed by atoms with E-state index in [1.165, 1.54) is 173 Å². The molecule has 0 spiro atoms. The average Bonchev–Trinajstić information content (AvgIpc) is 3.08. The predicted molar refractivity (Wildman–Crippen MR) is 202 cm³/mol. The third-order valence-corrected chi connectivity index (χ3v) is 11.4. The fourth-order valence-electron chi connectivity index (χ4n) is 7.73. The van der Waals surface area contributed by atoms with Crippen LogP contribution in [0.15, 0.2) is 0 Å². The molecule has 0 heteroatoms. The average molecular weight is 607 g/mol. The quantitative estimate of drug-likeness (QED) is 0.183. The molecule has 3 saturated carbocycles. The Morgan fingerprint density at radius 2 is 0.628 bits per heavy atom. The minimum atomic E-state index is 1.07. The van der Waals surface area contributed by atoms with E-state index in [1.54, 1.807) is 0 Å². The van der Waals surface area contributed by atoms with E-state index in [4.69, 9.17) is 0 Å². The molecule has 3 aliphatic rings. The van der Waals surface area contributed by atoms with Gasteiger partial charge in [-0.2, -0.15) is 0 Å². The summed E-state index contributed by atoms with van der Waals surface area (Å²) in [5, 5.41) is 0. The van der Waals surface area contributed by atoms with Gasteiger partial charge in [0.05, 0.1) is 0 Å². The predicted octanol–water partition coefficient (Wildman–Crippen LogP) is 16.4. The Labute approximate surface area is 277 Å². The van der Waals surface area contributed by atoms with Crippen LogP contribution < -0.4 is 0 Å². The van der Waals surface area contributed by atoms with Gasteiger partial charge in [-0.15, -0.1) is 0 Å². The van der Waals surface area contributed by atoms with Crippen LogP contribution in [0, 0.1) is 35.5 Å². The minimum absolute atomic E-state index is 1.07. The molecular formula is C43H90. The lowest BCUT2D eigenvalue weighted by Gasteiger charge is -2.29. The molecule has 0 aliphatic heterocycles. The topological polar surface area (TPSA) is 0 Å². The van der Waals surface area contributed by atoms with Gasteiger partial charge in [-0.3, -0.25) is 0 Å². The molecule has 262 valence electrons. The van der Waals surface area contributed by atoms with Gasteiger partial charge >= 0.3 is 0 Å². The van der Waals surface area contributed by atoms with Crippen molar-refractivity contribution in [3.05, 3.63) is 0 Å². The number of hydrogen-bond donors (Lipinski definition) is 0. The summed E-state index contributed by atoms with van der Waals surface area (Å²) in [4.78, 5) is 0. The van der Waals surface area contributed by atoms with E-state index in [0.29, 0.717) is 0 Å². The highest BCUT2D eigenvalue weighted by Crippen LogP contribution is 2.34. The molecule has 3 fully saturated rings. The van der Waals surface area contributed by atoms with Crippen LogP contribution >= 0.6 is 0 Å². The molecule has 0 amide bonds. The number of unbranched alkanes of at least 4 members (excludes halogenated alkanes) is 7. The summed E-state index contributed by atoms with van der Waals surface area (Å²) in [6.45, 7) is 23.0. The van der Waals surface area contributed by atoms with Crippen LogP contribution in [-0.2, 0) is 0 Å². The van der Waals surface area contributed by atoms with Gasteiger partial charge < -0.3 is 0 Å². The van der Waals surface area contributed by atoms with E-state index in [0.717, 1.165) is 35.5 Å². The maximum absolute atomic E-state index is 2.35. The highest BCUT2D eigenvalue weighted by atomic mass is 14.3. The van der Waals surface area contributed by atoms with E-state index in [2.05, 4.69) is 69.2 Å². The minimum Gasteiger partial charge on any atom is -0.0654 e. The summed E-state index contributed by atoms with van der Waals surface area (Å²) in [6, 6.07) is 0. The largest absolute Gasteiger partial charge is 0.0654 e. The Kier molecular flexibility index (Phi) is 36.6. The van der Waals surface area contributed by atoms with Crippen molar-refractivity contribution in [2.24, 2.45) is 35.5 Å². The first-order chi connectivity index (χ1) is 20.9. The Morgan fingerprint density at radius 1 is 0.302 bits per heavy atom. The summed E-state index contributed by atoms with van der Waals surface area (Å²) < 4.78 is 0. The van der Waals surface area contributed by atoms with Gasteiger partial charge in [0.25, 0.3) is 0 Å². The van der Waals surface area contributed by atoms with Crippen LogP contribution in [0.4, 0.5) is 0 Å². The standard InChI is InChI=1S/3C10H20.C7H16.C6H14/c1-3-9-5-7-10(4-2)8-6-9;1-3-9-6-5-7-10(4-2)8-9;1-3-9-7-5-6-8-10(9)4-2;1-3-5-7-6-4-2;1-3-5-6-4-2/h3*9-10H,3-8H2,1-2H3;3-7H2,1-2H3;3-6H2,1-2H3. The van der Waals surface area contributed by atoms with E-state index in [1.807, 2.05) is 0 Å². The van der Waals surface area contributed by atoms with Crippen molar-refractivity contribution in [2.75, 3.05) is 0 Å². The molecule has 43 heavy (non-hydrogen) atoms. The van der Waals surface area contributed by atoms with Crippen LogP contribution in [0.2, 0.25) is 0 Å². The van der Waals surface area contributed by atoms with Crippen LogP contribution in [-0.4, -0.2) is 0 Å².